The lowest BCUT2D eigenvalue weighted by Crippen LogP contribution is -2.53. The third-order valence-corrected chi connectivity index (χ3v) is 15.4. The van der Waals surface area contributed by atoms with E-state index in [0.717, 1.165) is 22.5 Å². The van der Waals surface area contributed by atoms with E-state index in [2.05, 4.69) is 101 Å². The lowest BCUT2D eigenvalue weighted by Gasteiger charge is -2.46. The van der Waals surface area contributed by atoms with Gasteiger partial charge in [-0.05, 0) is 33.3 Å². The average Bonchev–Trinajstić information content (AvgIpc) is 3.53. The summed E-state index contributed by atoms with van der Waals surface area (Å²) in [4.78, 5) is 4.87. The minimum atomic E-state index is -2.16. The van der Waals surface area contributed by atoms with Gasteiger partial charge in [-0.15, -0.1) is 0 Å². The molecule has 0 aliphatic carbocycles. The summed E-state index contributed by atoms with van der Waals surface area (Å²) in [7, 11) is -2.16. The van der Waals surface area contributed by atoms with E-state index < -0.39 is 20.5 Å². The minimum Gasteiger partial charge on any atom is -0.414 e. The maximum absolute atomic E-state index is 7.25. The number of rotatable bonds is 15. The van der Waals surface area contributed by atoms with Gasteiger partial charge in [-0.25, -0.2) is 4.98 Å². The normalized spacial score (nSPS) is 20.2. The van der Waals surface area contributed by atoms with E-state index in [1.807, 2.05) is 48.7 Å². The summed E-state index contributed by atoms with van der Waals surface area (Å²) in [6, 6.07) is 30.8. The van der Waals surface area contributed by atoms with E-state index in [4.69, 9.17) is 23.6 Å². The van der Waals surface area contributed by atoms with Crippen molar-refractivity contribution in [1.82, 2.24) is 9.55 Å². The van der Waals surface area contributed by atoms with Gasteiger partial charge in [-0.2, -0.15) is 0 Å². The number of nitrogens with zero attached hydrogens (tertiary/aromatic N) is 2. The van der Waals surface area contributed by atoms with Crippen LogP contribution < -0.4 is 0 Å². The molecule has 0 spiro atoms. The second-order valence-corrected chi connectivity index (χ2v) is 18.6. The number of benzene rings is 3. The third-order valence-electron chi connectivity index (χ3n) is 9.37. The zero-order valence-corrected chi connectivity index (χ0v) is 28.7. The van der Waals surface area contributed by atoms with Crippen molar-refractivity contribution in [3.8, 4) is 0 Å². The third kappa shape index (κ3) is 7.67. The second-order valence-electron chi connectivity index (χ2n) is 13.1. The molecule has 5 rings (SSSR count). The molecule has 6 nitrogen and oxygen atoms in total. The van der Waals surface area contributed by atoms with Crippen LogP contribution in [0, 0.1) is 0 Å². The van der Waals surface area contributed by atoms with E-state index in [1.165, 1.54) is 0 Å². The van der Waals surface area contributed by atoms with Crippen molar-refractivity contribution in [2.24, 2.45) is 0 Å². The number of ether oxygens (including phenoxy) is 3. The molecular weight excluding hydrogens is 577 g/mol. The molecule has 0 saturated heterocycles. The lowest BCUT2D eigenvalue weighted by molar-refractivity contribution is -0.185. The molecule has 0 amide bonds. The Balaban J connectivity index is 1.53. The number of hydrogen-bond acceptors (Lipinski definition) is 5. The van der Waals surface area contributed by atoms with Crippen molar-refractivity contribution in [3.63, 3.8) is 0 Å². The van der Waals surface area contributed by atoms with Crippen LogP contribution in [0.1, 0.15) is 76.2 Å². The first-order chi connectivity index (χ1) is 21.8. The molecule has 0 N–H and O–H groups in total. The average molecular weight is 627 g/mol. The van der Waals surface area contributed by atoms with Crippen LogP contribution in [0.5, 0.6) is 0 Å². The molecule has 1 aromatic heterocycles. The van der Waals surface area contributed by atoms with E-state index in [1.54, 1.807) is 0 Å². The van der Waals surface area contributed by atoms with Crippen molar-refractivity contribution in [2.45, 2.75) is 102 Å². The van der Waals surface area contributed by atoms with Crippen LogP contribution in [-0.4, -0.2) is 36.7 Å². The predicted molar refractivity (Wildman–Crippen MR) is 182 cm³/mol. The van der Waals surface area contributed by atoms with Gasteiger partial charge in [0.25, 0.3) is 0 Å². The summed E-state index contributed by atoms with van der Waals surface area (Å²) >= 11 is 0. The van der Waals surface area contributed by atoms with Gasteiger partial charge >= 0.3 is 0 Å². The molecule has 0 saturated carbocycles. The van der Waals surface area contributed by atoms with E-state index in [-0.39, 0.29) is 12.1 Å². The van der Waals surface area contributed by atoms with Crippen LogP contribution in [0.25, 0.3) is 0 Å². The minimum absolute atomic E-state index is 0.133. The summed E-state index contributed by atoms with van der Waals surface area (Å²) in [6.07, 6.45) is 2.75. The highest BCUT2D eigenvalue weighted by Crippen LogP contribution is 2.45. The van der Waals surface area contributed by atoms with Gasteiger partial charge in [-0.3, -0.25) is 0 Å². The van der Waals surface area contributed by atoms with E-state index >= 15 is 0 Å². The molecule has 2 heterocycles. The SMILES string of the molecule is CC(C)[Si](OC[C@@H]1[C@@H](OCc2ccccc2)[C@H](OCc2ccccc2)[C@@H](OCc2ccccc2)c2nccn21)(C(C)C)C(C)C. The van der Waals surface area contributed by atoms with Crippen LogP contribution in [0.3, 0.4) is 0 Å². The quantitative estimate of drug-likeness (QED) is 0.123. The van der Waals surface area contributed by atoms with Crippen LogP contribution >= 0.6 is 0 Å². The van der Waals surface area contributed by atoms with Crippen molar-refractivity contribution in [2.75, 3.05) is 6.61 Å². The fourth-order valence-corrected chi connectivity index (χ4v) is 12.7. The first-order valence-electron chi connectivity index (χ1n) is 16.4. The first kappa shape index (κ1) is 33.3. The Bertz CT molecular complexity index is 1410. The number of hydrogen-bond donors (Lipinski definition) is 0. The van der Waals surface area contributed by atoms with Gasteiger partial charge in [0.05, 0.1) is 32.5 Å². The number of fused-ring (bicyclic) bond motifs is 1. The molecule has 1 aliphatic heterocycles. The van der Waals surface area contributed by atoms with Crippen molar-refractivity contribution in [3.05, 3.63) is 126 Å². The molecular formula is C38H50N2O4Si. The highest BCUT2D eigenvalue weighted by molar-refractivity contribution is 6.77. The fraction of sp³-hybridized carbons (Fsp3) is 0.447. The molecule has 4 aromatic rings. The highest BCUT2D eigenvalue weighted by Gasteiger charge is 2.50. The van der Waals surface area contributed by atoms with Crippen LogP contribution in [0.2, 0.25) is 16.6 Å². The van der Waals surface area contributed by atoms with Crippen LogP contribution in [0.4, 0.5) is 0 Å². The molecule has 7 heteroatoms. The Kier molecular flexibility index (Phi) is 11.5. The zero-order chi connectivity index (χ0) is 31.8. The maximum atomic E-state index is 7.25. The monoisotopic (exact) mass is 626 g/mol. The Labute approximate surface area is 270 Å². The maximum Gasteiger partial charge on any atom is 0.200 e. The molecule has 45 heavy (non-hydrogen) atoms. The van der Waals surface area contributed by atoms with Gasteiger partial charge in [0, 0.05) is 12.4 Å². The van der Waals surface area contributed by atoms with Gasteiger partial charge < -0.3 is 23.2 Å². The van der Waals surface area contributed by atoms with Gasteiger partial charge in [0.15, 0.2) is 8.32 Å². The molecule has 0 radical (unpaired) electrons. The van der Waals surface area contributed by atoms with Crippen LogP contribution in [-0.2, 0) is 38.5 Å². The Morgan fingerprint density at radius 2 is 1.07 bits per heavy atom. The summed E-state index contributed by atoms with van der Waals surface area (Å²) in [5.41, 5.74) is 4.74. The largest absolute Gasteiger partial charge is 0.414 e. The molecule has 4 atom stereocenters. The first-order valence-corrected chi connectivity index (χ1v) is 18.6. The topological polar surface area (TPSA) is 54.7 Å². The second kappa shape index (κ2) is 15.5. The summed E-state index contributed by atoms with van der Waals surface area (Å²) in [6.45, 7) is 15.9. The van der Waals surface area contributed by atoms with Crippen molar-refractivity contribution >= 4 is 8.32 Å². The van der Waals surface area contributed by atoms with Gasteiger partial charge in [-0.1, -0.05) is 133 Å². The highest BCUT2D eigenvalue weighted by atomic mass is 28.4. The lowest BCUT2D eigenvalue weighted by atomic mass is 9.95. The molecule has 1 aliphatic rings. The predicted octanol–water partition coefficient (Wildman–Crippen LogP) is 9.06. The molecule has 0 bridgehead atoms. The molecule has 3 aromatic carbocycles. The van der Waals surface area contributed by atoms with Gasteiger partial charge in [0.2, 0.25) is 0 Å². The number of imidazole rings is 1. The zero-order valence-electron chi connectivity index (χ0n) is 27.7. The molecule has 240 valence electrons. The Hall–Kier alpha value is -3.07. The van der Waals surface area contributed by atoms with E-state index in [0.29, 0.717) is 43.1 Å². The van der Waals surface area contributed by atoms with E-state index in [9.17, 15) is 0 Å². The van der Waals surface area contributed by atoms with Crippen molar-refractivity contribution < 1.29 is 18.6 Å². The molecule has 0 fully saturated rings. The standard InChI is InChI=1S/C38H50N2O4Si/c1-28(2)45(29(3)4,30(5)6)44-27-34-35(41-24-31-16-10-7-11-17-31)36(42-25-32-18-12-8-13-19-32)37(38-39-22-23-40(34)38)43-26-33-20-14-9-15-21-33/h7-23,28-30,34-37H,24-27H2,1-6H3/t34-,35-,36+,37-/m1/s1. The van der Waals surface area contributed by atoms with Crippen molar-refractivity contribution in [1.29, 1.82) is 0 Å². The Morgan fingerprint density at radius 1 is 0.622 bits per heavy atom. The smallest absolute Gasteiger partial charge is 0.200 e. The summed E-state index contributed by atoms with van der Waals surface area (Å²) in [5, 5.41) is 0. The summed E-state index contributed by atoms with van der Waals surface area (Å²) in [5.74, 6) is 0.850. The molecule has 0 unspecified atom stereocenters. The van der Waals surface area contributed by atoms with Gasteiger partial charge in [0.1, 0.15) is 24.1 Å². The number of aromatic nitrogens is 2. The summed E-state index contributed by atoms with van der Waals surface area (Å²) < 4.78 is 30.0. The van der Waals surface area contributed by atoms with Crippen LogP contribution in [0.15, 0.2) is 103 Å². The Morgan fingerprint density at radius 3 is 1.53 bits per heavy atom. The fourth-order valence-electron chi connectivity index (χ4n) is 7.28.